The van der Waals surface area contributed by atoms with E-state index in [2.05, 4.69) is 0 Å². The van der Waals surface area contributed by atoms with Crippen molar-refractivity contribution in [1.82, 2.24) is 9.78 Å². The number of fused-ring (bicyclic) bond motifs is 1. The Balaban J connectivity index is 1.70. The number of carbonyl (C=O) groups is 1. The third-order valence-corrected chi connectivity index (χ3v) is 5.82. The molecule has 1 aliphatic heterocycles. The summed E-state index contributed by atoms with van der Waals surface area (Å²) in [5.74, 6) is 0.183. The Morgan fingerprint density at radius 3 is 2.22 bits per heavy atom. The van der Waals surface area contributed by atoms with Crippen LogP contribution in [-0.2, 0) is 6.42 Å². The molecule has 0 unspecified atom stereocenters. The Morgan fingerprint density at radius 1 is 0.906 bits per heavy atom. The van der Waals surface area contributed by atoms with Crippen LogP contribution in [0.5, 0.6) is 11.5 Å². The molecule has 0 spiro atoms. The molecule has 2 heterocycles. The highest BCUT2D eigenvalue weighted by molar-refractivity contribution is 6.23. The molecule has 5 rings (SSSR count). The zero-order valence-electron chi connectivity index (χ0n) is 17.9. The Hall–Kier alpha value is -4.12. The van der Waals surface area contributed by atoms with Gasteiger partial charge in [-0.25, -0.2) is 0 Å². The van der Waals surface area contributed by atoms with E-state index in [9.17, 15) is 9.90 Å². The summed E-state index contributed by atoms with van der Waals surface area (Å²) < 4.78 is 6.78. The molecule has 158 valence electrons. The van der Waals surface area contributed by atoms with Crippen molar-refractivity contribution in [1.29, 1.82) is 0 Å². The van der Waals surface area contributed by atoms with Crippen molar-refractivity contribution >= 4 is 11.5 Å². The maximum atomic E-state index is 13.7. The van der Waals surface area contributed by atoms with Crippen molar-refractivity contribution < 1.29 is 14.6 Å². The van der Waals surface area contributed by atoms with Crippen molar-refractivity contribution in [2.24, 2.45) is 0 Å². The van der Waals surface area contributed by atoms with Gasteiger partial charge >= 0.3 is 0 Å². The third-order valence-electron chi connectivity index (χ3n) is 5.82. The van der Waals surface area contributed by atoms with Crippen molar-refractivity contribution in [2.75, 3.05) is 7.11 Å². The van der Waals surface area contributed by atoms with Gasteiger partial charge in [0.25, 0.3) is 5.91 Å². The number of nitrogens with zero attached hydrogens (tertiary/aromatic N) is 2. The van der Waals surface area contributed by atoms with Gasteiger partial charge in [0.15, 0.2) is 11.5 Å². The smallest absolute Gasteiger partial charge is 0.279 e. The van der Waals surface area contributed by atoms with E-state index in [1.807, 2.05) is 67.6 Å². The zero-order valence-corrected chi connectivity index (χ0v) is 17.9. The monoisotopic (exact) mass is 422 g/mol. The van der Waals surface area contributed by atoms with E-state index in [1.54, 1.807) is 18.2 Å². The second-order valence-corrected chi connectivity index (χ2v) is 7.84. The van der Waals surface area contributed by atoms with Gasteiger partial charge in [0.1, 0.15) is 5.69 Å². The molecule has 0 saturated heterocycles. The van der Waals surface area contributed by atoms with Gasteiger partial charge in [-0.05, 0) is 30.2 Å². The van der Waals surface area contributed by atoms with Crippen LogP contribution in [0.2, 0.25) is 0 Å². The first-order chi connectivity index (χ1) is 15.6. The number of hydrogen-bond acceptors (Lipinski definition) is 4. The van der Waals surface area contributed by atoms with Crippen molar-refractivity contribution in [3.63, 3.8) is 0 Å². The van der Waals surface area contributed by atoms with E-state index >= 15 is 0 Å². The van der Waals surface area contributed by atoms with Gasteiger partial charge in [0.2, 0.25) is 0 Å². The fourth-order valence-corrected chi connectivity index (χ4v) is 4.32. The summed E-state index contributed by atoms with van der Waals surface area (Å²) in [6.07, 6.45) is 0.592. The largest absolute Gasteiger partial charge is 0.504 e. The van der Waals surface area contributed by atoms with E-state index in [-0.39, 0.29) is 11.7 Å². The summed E-state index contributed by atoms with van der Waals surface area (Å²) in [5.41, 5.74) is 6.88. The molecule has 5 nitrogen and oxygen atoms in total. The maximum absolute atomic E-state index is 13.7. The van der Waals surface area contributed by atoms with Crippen LogP contribution in [0.25, 0.3) is 28.0 Å². The Labute approximate surface area is 186 Å². The third kappa shape index (κ3) is 3.19. The molecule has 0 fully saturated rings. The Bertz CT molecular complexity index is 1350. The van der Waals surface area contributed by atoms with Crippen LogP contribution in [-0.4, -0.2) is 27.9 Å². The summed E-state index contributed by atoms with van der Waals surface area (Å²) >= 11 is 0. The van der Waals surface area contributed by atoms with Gasteiger partial charge < -0.3 is 9.84 Å². The SMILES string of the molecule is COc1cc(C2=C(C)Cc3c(-c4ccccc4)c(-c4ccccc4)nn3C2=O)ccc1O. The van der Waals surface area contributed by atoms with E-state index in [0.717, 1.165) is 33.7 Å². The molecular weight excluding hydrogens is 400 g/mol. The molecule has 3 aromatic carbocycles. The van der Waals surface area contributed by atoms with E-state index in [4.69, 9.17) is 9.84 Å². The lowest BCUT2D eigenvalue weighted by Gasteiger charge is -2.20. The lowest BCUT2D eigenvalue weighted by Crippen LogP contribution is -2.23. The molecule has 32 heavy (non-hydrogen) atoms. The number of rotatable bonds is 4. The lowest BCUT2D eigenvalue weighted by atomic mass is 9.90. The second-order valence-electron chi connectivity index (χ2n) is 7.84. The van der Waals surface area contributed by atoms with Crippen LogP contribution in [0.15, 0.2) is 84.4 Å². The molecule has 1 aliphatic rings. The molecule has 1 aromatic heterocycles. The molecule has 0 saturated carbocycles. The first kappa shape index (κ1) is 19.8. The van der Waals surface area contributed by atoms with Crippen molar-refractivity contribution in [3.8, 4) is 33.9 Å². The molecule has 0 atom stereocenters. The number of phenolic OH excluding ortho intramolecular Hbond substituents is 1. The fraction of sp³-hybridized carbons (Fsp3) is 0.111. The van der Waals surface area contributed by atoms with Crippen LogP contribution in [0.3, 0.4) is 0 Å². The topological polar surface area (TPSA) is 64.4 Å². The predicted octanol–water partition coefficient (Wildman–Crippen LogP) is 5.60. The number of aromatic hydroxyl groups is 1. The van der Waals surface area contributed by atoms with Crippen molar-refractivity contribution in [2.45, 2.75) is 13.3 Å². The Kier molecular flexibility index (Phi) is 4.86. The molecule has 0 radical (unpaired) electrons. The van der Waals surface area contributed by atoms with Gasteiger partial charge in [-0.2, -0.15) is 9.78 Å². The highest BCUT2D eigenvalue weighted by atomic mass is 16.5. The van der Waals surface area contributed by atoms with Gasteiger partial charge in [-0.15, -0.1) is 0 Å². The minimum Gasteiger partial charge on any atom is -0.504 e. The summed E-state index contributed by atoms with van der Waals surface area (Å²) in [5, 5.41) is 14.8. The lowest BCUT2D eigenvalue weighted by molar-refractivity contribution is 0.0958. The van der Waals surface area contributed by atoms with Crippen LogP contribution in [0.1, 0.15) is 23.0 Å². The van der Waals surface area contributed by atoms with Crippen LogP contribution in [0, 0.1) is 0 Å². The molecule has 1 N–H and O–H groups in total. The van der Waals surface area contributed by atoms with Gasteiger partial charge in [-0.1, -0.05) is 72.3 Å². The maximum Gasteiger partial charge on any atom is 0.279 e. The summed E-state index contributed by atoms with van der Waals surface area (Å²) in [6, 6.07) is 25.0. The molecular formula is C27H22N2O3. The molecule has 5 heteroatoms. The van der Waals surface area contributed by atoms with Crippen LogP contribution >= 0.6 is 0 Å². The highest BCUT2D eigenvalue weighted by Crippen LogP contribution is 2.40. The first-order valence-electron chi connectivity index (χ1n) is 10.4. The Morgan fingerprint density at radius 2 is 1.56 bits per heavy atom. The fourth-order valence-electron chi connectivity index (χ4n) is 4.32. The number of aromatic nitrogens is 2. The number of hydrogen-bond donors (Lipinski definition) is 1. The quantitative estimate of drug-likeness (QED) is 0.465. The normalized spacial score (nSPS) is 13.2. The summed E-state index contributed by atoms with van der Waals surface area (Å²) in [7, 11) is 1.49. The van der Waals surface area contributed by atoms with Gasteiger partial charge in [-0.3, -0.25) is 4.79 Å². The highest BCUT2D eigenvalue weighted by Gasteiger charge is 2.31. The average molecular weight is 422 g/mol. The molecule has 0 aliphatic carbocycles. The van der Waals surface area contributed by atoms with Crippen LogP contribution < -0.4 is 4.74 Å². The number of allylic oxidation sites excluding steroid dienone is 2. The van der Waals surface area contributed by atoms with Crippen molar-refractivity contribution in [3.05, 3.63) is 95.7 Å². The molecule has 4 aromatic rings. The van der Waals surface area contributed by atoms with E-state index in [1.165, 1.54) is 11.8 Å². The van der Waals surface area contributed by atoms with Gasteiger partial charge in [0.05, 0.1) is 12.8 Å². The summed E-state index contributed by atoms with van der Waals surface area (Å²) in [6.45, 7) is 1.97. The van der Waals surface area contributed by atoms with Crippen LogP contribution in [0.4, 0.5) is 0 Å². The van der Waals surface area contributed by atoms with E-state index in [0.29, 0.717) is 23.3 Å². The number of ether oxygens (including phenoxy) is 1. The standard InChI is InChI=1S/C27H22N2O3/c1-17-15-21-25(18-9-5-3-6-10-18)26(19-11-7-4-8-12-19)28-29(21)27(31)24(17)20-13-14-22(30)23(16-20)32-2/h3-14,16,30H,15H2,1-2H3. The predicted molar refractivity (Wildman–Crippen MR) is 125 cm³/mol. The number of benzene rings is 3. The number of phenols is 1. The minimum atomic E-state index is -0.184. The number of methoxy groups -OCH3 is 1. The second kappa shape index (κ2) is 7.85. The summed E-state index contributed by atoms with van der Waals surface area (Å²) in [4.78, 5) is 13.7. The zero-order chi connectivity index (χ0) is 22.2. The first-order valence-corrected chi connectivity index (χ1v) is 10.4. The average Bonchev–Trinajstić information content (AvgIpc) is 3.21. The minimum absolute atomic E-state index is 0.0373. The van der Waals surface area contributed by atoms with E-state index < -0.39 is 0 Å². The molecule has 0 bridgehead atoms. The number of carbonyl (C=O) groups excluding carboxylic acids is 1. The molecule has 0 amide bonds. The van der Waals surface area contributed by atoms with Gasteiger partial charge in [0, 0.05) is 23.1 Å².